The Morgan fingerprint density at radius 3 is 1.00 bits per heavy atom. The van der Waals surface area contributed by atoms with Crippen LogP contribution in [0.3, 0.4) is 0 Å². The molecule has 0 amide bonds. The van der Waals surface area contributed by atoms with Crippen LogP contribution in [0.2, 0.25) is 0 Å². The van der Waals surface area contributed by atoms with Crippen molar-refractivity contribution in [3.05, 3.63) is 59.7 Å². The quantitative estimate of drug-likeness (QED) is 0.415. The topological polar surface area (TPSA) is 0 Å². The maximum atomic E-state index is 3.19. The van der Waals surface area contributed by atoms with Crippen molar-refractivity contribution in [2.24, 2.45) is 0 Å². The first kappa shape index (κ1) is 15.3. The molecule has 0 aromatic heterocycles. The van der Waals surface area contributed by atoms with Gasteiger partial charge in [-0.25, -0.2) is 24.3 Å². The normalized spacial score (nSPS) is 8.27. The Morgan fingerprint density at radius 1 is 0.733 bits per heavy atom. The molecule has 0 nitrogen and oxygen atoms in total. The number of halogens is 2. The van der Waals surface area contributed by atoms with Crippen molar-refractivity contribution in [1.82, 2.24) is 0 Å². The molecule has 0 fully saturated rings. The summed E-state index contributed by atoms with van der Waals surface area (Å²) in [5.41, 5.74) is 2.69. The number of hydrogen-bond donors (Lipinski definition) is 0. The van der Waals surface area contributed by atoms with E-state index in [9.17, 15) is 0 Å². The third-order valence-electron chi connectivity index (χ3n) is 1.66. The summed E-state index contributed by atoms with van der Waals surface area (Å²) in [7, 11) is 0. The Kier molecular flexibility index (Phi) is 11.1. The van der Waals surface area contributed by atoms with Gasteiger partial charge >= 0.3 is 41.0 Å². The predicted octanol–water partition coefficient (Wildman–Crippen LogP) is 5.12. The molecule has 84 valence electrons. The van der Waals surface area contributed by atoms with Crippen molar-refractivity contribution in [3.63, 3.8) is 0 Å². The first-order valence-electron chi connectivity index (χ1n) is 4.46. The van der Waals surface area contributed by atoms with Crippen LogP contribution in [-0.4, -0.2) is 0 Å². The molecule has 0 spiro atoms. The molecular weight excluding hydrogens is 400 g/mol. The van der Waals surface area contributed by atoms with Crippen molar-refractivity contribution in [1.29, 1.82) is 0 Å². The molecule has 0 saturated carbocycles. The van der Waals surface area contributed by atoms with Gasteiger partial charge in [0.25, 0.3) is 0 Å². The van der Waals surface area contributed by atoms with E-state index >= 15 is 0 Å². The van der Waals surface area contributed by atoms with E-state index in [1.165, 1.54) is 11.1 Å². The zero-order valence-corrected chi connectivity index (χ0v) is 14.0. The summed E-state index contributed by atoms with van der Waals surface area (Å²) < 4.78 is 0. The molecule has 0 heterocycles. The minimum absolute atomic E-state index is 0.0950. The molecule has 0 atom stereocenters. The van der Waals surface area contributed by atoms with Gasteiger partial charge < -0.3 is 0 Å². The monoisotopic (exact) mass is 414 g/mol. The molecule has 2 rings (SSSR count). The summed E-state index contributed by atoms with van der Waals surface area (Å²) >= 11 is 6.48. The van der Waals surface area contributed by atoms with Crippen molar-refractivity contribution >= 4 is 26.6 Å². The van der Waals surface area contributed by atoms with Crippen LogP contribution in [0, 0.1) is 13.8 Å². The van der Waals surface area contributed by atoms with Crippen molar-refractivity contribution in [2.75, 3.05) is 0 Å². The van der Waals surface area contributed by atoms with Gasteiger partial charge in [-0.2, -0.15) is 35.4 Å². The Hall–Kier alpha value is 0.348. The molecule has 0 bridgehead atoms. The molecule has 0 aliphatic rings. The predicted molar refractivity (Wildman–Crippen MR) is 71.4 cm³/mol. The molecule has 15 heavy (non-hydrogen) atoms. The molecular formula is C12H14Br2Mo-2. The van der Waals surface area contributed by atoms with Crippen molar-refractivity contribution in [3.8, 4) is 0 Å². The van der Waals surface area contributed by atoms with Gasteiger partial charge in [0.2, 0.25) is 0 Å². The molecule has 0 radical (unpaired) electrons. The minimum atomic E-state index is 0.0950. The third-order valence-corrected chi connectivity index (χ3v) is 1.66. The molecule has 0 aliphatic carbocycles. The zero-order valence-electron chi connectivity index (χ0n) is 8.78. The van der Waals surface area contributed by atoms with Crippen LogP contribution in [0.1, 0.15) is 11.1 Å². The fourth-order valence-corrected chi connectivity index (χ4v) is 0.940. The number of aryl methyl sites for hydroxylation is 2. The van der Waals surface area contributed by atoms with E-state index in [2.05, 4.69) is 64.7 Å². The second-order valence-corrected chi connectivity index (χ2v) is 12.2. The van der Waals surface area contributed by atoms with Gasteiger partial charge in [-0.1, -0.05) is 13.8 Å². The van der Waals surface area contributed by atoms with E-state index in [0.29, 0.717) is 0 Å². The summed E-state index contributed by atoms with van der Waals surface area (Å²) in [6, 6.07) is 16.5. The van der Waals surface area contributed by atoms with Gasteiger partial charge in [0.15, 0.2) is 0 Å². The van der Waals surface area contributed by atoms with E-state index in [4.69, 9.17) is 0 Å². The first-order chi connectivity index (χ1) is 7.20. The Balaban J connectivity index is 0.000000210. The number of rotatable bonds is 0. The molecule has 0 saturated heterocycles. The van der Waals surface area contributed by atoms with E-state index in [1.807, 2.05) is 24.3 Å². The van der Waals surface area contributed by atoms with Crippen LogP contribution in [-0.2, 0) is 14.5 Å². The SMILES string of the molecule is C[c-]1cccc1.C[c-]1cccc1.[Br][Mo][Br]. The van der Waals surface area contributed by atoms with Crippen LogP contribution >= 0.6 is 26.6 Å². The Morgan fingerprint density at radius 2 is 0.933 bits per heavy atom. The van der Waals surface area contributed by atoms with Crippen LogP contribution in [0.15, 0.2) is 48.5 Å². The van der Waals surface area contributed by atoms with Gasteiger partial charge in [0.05, 0.1) is 0 Å². The maximum absolute atomic E-state index is 3.19. The summed E-state index contributed by atoms with van der Waals surface area (Å²) in [5, 5.41) is 0. The average molecular weight is 414 g/mol. The molecule has 2 aromatic rings. The fraction of sp³-hybridized carbons (Fsp3) is 0.167. The second kappa shape index (κ2) is 10.9. The third kappa shape index (κ3) is 10.6. The van der Waals surface area contributed by atoms with Gasteiger partial charge in [0, 0.05) is 0 Å². The summed E-state index contributed by atoms with van der Waals surface area (Å²) in [5.74, 6) is 0. The molecule has 0 unspecified atom stereocenters. The standard InChI is InChI=1S/2C6H7.2BrH.Mo/c2*1-6-4-2-3-5-6;;;/h2*2-5H,1H3;2*1H;/q2*-1;;;+2/p-2. The van der Waals surface area contributed by atoms with Gasteiger partial charge in [-0.15, -0.1) is 0 Å². The Bertz CT molecular complexity index is 266. The number of hydrogen-bond acceptors (Lipinski definition) is 0. The van der Waals surface area contributed by atoms with E-state index in [-0.39, 0.29) is 14.5 Å². The first-order valence-corrected chi connectivity index (χ1v) is 13.6. The van der Waals surface area contributed by atoms with Crippen LogP contribution in [0.4, 0.5) is 0 Å². The van der Waals surface area contributed by atoms with E-state index in [0.717, 1.165) is 0 Å². The van der Waals surface area contributed by atoms with Gasteiger partial charge in [-0.05, 0) is 0 Å². The second-order valence-electron chi connectivity index (χ2n) is 2.98. The van der Waals surface area contributed by atoms with E-state index < -0.39 is 0 Å². The average Bonchev–Trinajstić information content (AvgIpc) is 2.81. The van der Waals surface area contributed by atoms with Crippen LogP contribution < -0.4 is 0 Å². The van der Waals surface area contributed by atoms with E-state index in [1.54, 1.807) is 0 Å². The van der Waals surface area contributed by atoms with Gasteiger partial charge in [0.1, 0.15) is 0 Å². The molecule has 0 N–H and O–H groups in total. The summed E-state index contributed by atoms with van der Waals surface area (Å²) in [6.07, 6.45) is 0. The Labute approximate surface area is 114 Å². The molecule has 2 aromatic carbocycles. The summed E-state index contributed by atoms with van der Waals surface area (Å²) in [4.78, 5) is 0. The summed E-state index contributed by atoms with van der Waals surface area (Å²) in [6.45, 7) is 4.17. The fourth-order valence-electron chi connectivity index (χ4n) is 0.940. The molecule has 3 heteroatoms. The zero-order chi connectivity index (χ0) is 11.5. The van der Waals surface area contributed by atoms with Gasteiger partial charge in [-0.3, -0.25) is 0 Å². The van der Waals surface area contributed by atoms with Crippen LogP contribution in [0.5, 0.6) is 0 Å². The van der Waals surface area contributed by atoms with Crippen LogP contribution in [0.25, 0.3) is 0 Å². The van der Waals surface area contributed by atoms with Crippen molar-refractivity contribution in [2.45, 2.75) is 13.8 Å². The molecule has 0 aliphatic heterocycles. The van der Waals surface area contributed by atoms with Crippen molar-refractivity contribution < 1.29 is 14.5 Å².